The third kappa shape index (κ3) is 5.01. The number of halogens is 1. The number of hydrogen-bond acceptors (Lipinski definition) is 5. The molecule has 32 heavy (non-hydrogen) atoms. The lowest BCUT2D eigenvalue weighted by Gasteiger charge is -2.12. The Bertz CT molecular complexity index is 1200. The number of rotatable bonds is 6. The van der Waals surface area contributed by atoms with Crippen molar-refractivity contribution in [3.8, 4) is 5.75 Å². The molecular weight excluding hydrogens is 448 g/mol. The molecule has 160 valence electrons. The first-order chi connectivity index (χ1) is 15.5. The molecule has 1 aliphatic heterocycles. The first kappa shape index (κ1) is 21.7. The van der Waals surface area contributed by atoms with E-state index in [1.54, 1.807) is 66.7 Å². The normalized spacial score (nSPS) is 14.7. The highest BCUT2D eigenvalue weighted by atomic mass is 35.5. The average molecular weight is 465 g/mol. The Hall–Kier alpha value is -3.55. The second kappa shape index (κ2) is 9.72. The van der Waals surface area contributed by atoms with Crippen molar-refractivity contribution in [2.75, 3.05) is 16.8 Å². The number of benzene rings is 3. The van der Waals surface area contributed by atoms with Crippen LogP contribution in [0.5, 0.6) is 5.75 Å². The maximum Gasteiger partial charge on any atom is 0.298 e. The van der Waals surface area contributed by atoms with Gasteiger partial charge in [-0.3, -0.25) is 14.4 Å². The van der Waals surface area contributed by atoms with E-state index in [1.165, 1.54) is 0 Å². The first-order valence-corrected chi connectivity index (χ1v) is 10.8. The highest BCUT2D eigenvalue weighted by Crippen LogP contribution is 2.37. The van der Waals surface area contributed by atoms with Crippen LogP contribution in [0.1, 0.15) is 5.56 Å². The van der Waals surface area contributed by atoms with Gasteiger partial charge in [-0.2, -0.15) is 0 Å². The molecule has 1 heterocycles. The molecule has 0 aliphatic carbocycles. The lowest BCUT2D eigenvalue weighted by Crippen LogP contribution is -2.27. The molecule has 1 fully saturated rings. The second-order valence-corrected chi connectivity index (χ2v) is 8.16. The fraction of sp³-hybridized carbons (Fsp3) is 0.0417. The first-order valence-electron chi connectivity index (χ1n) is 9.61. The fourth-order valence-electron chi connectivity index (χ4n) is 3.01. The quantitative estimate of drug-likeness (QED) is 0.480. The van der Waals surface area contributed by atoms with Crippen molar-refractivity contribution < 1.29 is 19.1 Å². The molecule has 8 heteroatoms. The summed E-state index contributed by atoms with van der Waals surface area (Å²) in [6.07, 6.45) is 1.59. The van der Waals surface area contributed by atoms with E-state index >= 15 is 0 Å². The molecule has 1 saturated heterocycles. The number of nitrogens with one attached hydrogen (secondary N) is 1. The molecule has 0 atom stereocenters. The summed E-state index contributed by atoms with van der Waals surface area (Å²) < 4.78 is 5.68. The highest BCUT2D eigenvalue weighted by molar-refractivity contribution is 8.19. The zero-order chi connectivity index (χ0) is 22.5. The van der Waals surface area contributed by atoms with E-state index in [4.69, 9.17) is 16.3 Å². The van der Waals surface area contributed by atoms with Crippen LogP contribution >= 0.6 is 23.4 Å². The molecule has 0 saturated carbocycles. The van der Waals surface area contributed by atoms with Crippen LogP contribution in [0.3, 0.4) is 0 Å². The van der Waals surface area contributed by atoms with Crippen LogP contribution in [0, 0.1) is 0 Å². The van der Waals surface area contributed by atoms with E-state index < -0.39 is 11.1 Å². The monoisotopic (exact) mass is 464 g/mol. The fourth-order valence-corrected chi connectivity index (χ4v) is 3.97. The van der Waals surface area contributed by atoms with Crippen LogP contribution in [0.15, 0.2) is 83.8 Å². The Morgan fingerprint density at radius 2 is 1.66 bits per heavy atom. The van der Waals surface area contributed by atoms with Crippen molar-refractivity contribution in [1.29, 1.82) is 0 Å². The Kier molecular flexibility index (Phi) is 6.58. The van der Waals surface area contributed by atoms with Crippen molar-refractivity contribution in [1.82, 2.24) is 0 Å². The van der Waals surface area contributed by atoms with Crippen molar-refractivity contribution in [3.63, 3.8) is 0 Å². The number of thioether (sulfide) groups is 1. The standard InChI is InChI=1S/C24H17ClN2O4S/c25-17-10-12-19(13-11-17)27-23(29)21(32-24(27)30)14-16-6-4-5-9-20(16)31-15-22(28)26-18-7-2-1-3-8-18/h1-14H,15H2,(H,26,28)/b21-14+. The summed E-state index contributed by atoms with van der Waals surface area (Å²) in [5.74, 6) is -0.318. The van der Waals surface area contributed by atoms with Gasteiger partial charge >= 0.3 is 0 Å². The number of anilines is 2. The molecule has 0 radical (unpaired) electrons. The van der Waals surface area contributed by atoms with Gasteiger partial charge in [0.1, 0.15) is 5.75 Å². The predicted octanol–water partition coefficient (Wildman–Crippen LogP) is 5.60. The van der Waals surface area contributed by atoms with E-state index in [1.807, 2.05) is 18.2 Å². The van der Waals surface area contributed by atoms with Crippen molar-refractivity contribution >= 4 is 57.9 Å². The van der Waals surface area contributed by atoms with Crippen LogP contribution in [0.2, 0.25) is 5.02 Å². The van der Waals surface area contributed by atoms with Gasteiger partial charge in [-0.05, 0) is 60.3 Å². The molecule has 0 aromatic heterocycles. The molecule has 0 unspecified atom stereocenters. The number of nitrogens with zero attached hydrogens (tertiary/aromatic N) is 1. The van der Waals surface area contributed by atoms with Crippen LogP contribution in [-0.4, -0.2) is 23.7 Å². The Morgan fingerprint density at radius 3 is 2.41 bits per heavy atom. The van der Waals surface area contributed by atoms with E-state index in [0.717, 1.165) is 16.7 Å². The number of para-hydroxylation sites is 2. The zero-order valence-corrected chi connectivity index (χ0v) is 18.2. The summed E-state index contributed by atoms with van der Waals surface area (Å²) in [7, 11) is 0. The van der Waals surface area contributed by atoms with Gasteiger partial charge in [-0.25, -0.2) is 4.90 Å². The third-order valence-electron chi connectivity index (χ3n) is 4.50. The molecule has 1 N–H and O–H groups in total. The number of carbonyl (C=O) groups is 3. The maximum absolute atomic E-state index is 12.9. The van der Waals surface area contributed by atoms with Gasteiger partial charge in [0.15, 0.2) is 6.61 Å². The second-order valence-electron chi connectivity index (χ2n) is 6.73. The van der Waals surface area contributed by atoms with E-state index in [2.05, 4.69) is 5.32 Å². The summed E-state index contributed by atoms with van der Waals surface area (Å²) in [6, 6.07) is 22.5. The highest BCUT2D eigenvalue weighted by Gasteiger charge is 2.36. The molecule has 1 aliphatic rings. The molecule has 0 spiro atoms. The van der Waals surface area contributed by atoms with Crippen LogP contribution in [-0.2, 0) is 9.59 Å². The largest absolute Gasteiger partial charge is 0.483 e. The summed E-state index contributed by atoms with van der Waals surface area (Å²) >= 11 is 6.74. The summed E-state index contributed by atoms with van der Waals surface area (Å²) in [5.41, 5.74) is 1.70. The summed E-state index contributed by atoms with van der Waals surface area (Å²) in [5, 5.41) is 2.86. The molecular formula is C24H17ClN2O4S. The minimum atomic E-state index is -0.432. The molecule has 0 bridgehead atoms. The average Bonchev–Trinajstić information content (AvgIpc) is 3.07. The van der Waals surface area contributed by atoms with E-state index in [-0.39, 0.29) is 17.4 Å². The SMILES string of the molecule is O=C(COc1ccccc1/C=C1/SC(=O)N(c2ccc(Cl)cc2)C1=O)Nc1ccccc1. The van der Waals surface area contributed by atoms with Gasteiger partial charge in [0.05, 0.1) is 10.6 Å². The summed E-state index contributed by atoms with van der Waals surface area (Å²) in [4.78, 5) is 38.9. The van der Waals surface area contributed by atoms with E-state index in [0.29, 0.717) is 27.7 Å². The van der Waals surface area contributed by atoms with Crippen LogP contribution < -0.4 is 15.0 Å². The van der Waals surface area contributed by atoms with Crippen molar-refractivity contribution in [2.24, 2.45) is 0 Å². The zero-order valence-electron chi connectivity index (χ0n) is 16.7. The maximum atomic E-state index is 12.9. The number of amides is 3. The minimum absolute atomic E-state index is 0.202. The van der Waals surface area contributed by atoms with Gasteiger partial charge in [-0.15, -0.1) is 0 Å². The number of carbonyl (C=O) groups excluding carboxylic acids is 3. The Morgan fingerprint density at radius 1 is 0.969 bits per heavy atom. The number of ether oxygens (including phenoxy) is 1. The Labute approximate surface area is 193 Å². The van der Waals surface area contributed by atoms with Gasteiger partial charge in [0.2, 0.25) is 0 Å². The topological polar surface area (TPSA) is 75.7 Å². The number of imide groups is 1. The van der Waals surface area contributed by atoms with Crippen LogP contribution in [0.4, 0.5) is 16.2 Å². The predicted molar refractivity (Wildman–Crippen MR) is 127 cm³/mol. The van der Waals surface area contributed by atoms with Gasteiger partial charge in [-0.1, -0.05) is 48.0 Å². The third-order valence-corrected chi connectivity index (χ3v) is 5.62. The summed E-state index contributed by atoms with van der Waals surface area (Å²) in [6.45, 7) is -0.202. The van der Waals surface area contributed by atoms with E-state index in [9.17, 15) is 14.4 Å². The lowest BCUT2D eigenvalue weighted by molar-refractivity contribution is -0.118. The van der Waals surface area contributed by atoms with Gasteiger partial charge < -0.3 is 10.1 Å². The van der Waals surface area contributed by atoms with Crippen LogP contribution in [0.25, 0.3) is 6.08 Å². The molecule has 4 rings (SSSR count). The molecule has 3 aromatic rings. The van der Waals surface area contributed by atoms with Gasteiger partial charge in [0, 0.05) is 16.3 Å². The minimum Gasteiger partial charge on any atom is -0.483 e. The molecule has 3 aromatic carbocycles. The van der Waals surface area contributed by atoms with Gasteiger partial charge in [0.25, 0.3) is 17.1 Å². The molecule has 3 amide bonds. The lowest BCUT2D eigenvalue weighted by atomic mass is 10.2. The number of hydrogen-bond donors (Lipinski definition) is 1. The smallest absolute Gasteiger partial charge is 0.298 e. The van der Waals surface area contributed by atoms with Crippen molar-refractivity contribution in [3.05, 3.63) is 94.4 Å². The van der Waals surface area contributed by atoms with Crippen molar-refractivity contribution in [2.45, 2.75) is 0 Å². The Balaban J connectivity index is 1.48. The molecule has 6 nitrogen and oxygen atoms in total.